The zero-order valence-corrected chi connectivity index (χ0v) is 26.8. The van der Waals surface area contributed by atoms with Gasteiger partial charge < -0.3 is 33.5 Å². The van der Waals surface area contributed by atoms with E-state index in [9.17, 15) is 5.11 Å². The lowest BCUT2D eigenvalue weighted by atomic mass is 9.94. The quantitative estimate of drug-likeness (QED) is 0.150. The van der Waals surface area contributed by atoms with Gasteiger partial charge in [0.2, 0.25) is 0 Å². The molecule has 0 spiro atoms. The van der Waals surface area contributed by atoms with Crippen molar-refractivity contribution in [3.63, 3.8) is 0 Å². The SMILES string of the molecule is O[C@H]1CCCC[C@@H]1O[C@@H]1O[C@H](COCc2ccccc2)[C@@H](OCc2ccccc2)[C@H](OCc2ccccc2)[C@@H]1OCc1ccccc1. The third-order valence-corrected chi connectivity index (χ3v) is 8.82. The highest BCUT2D eigenvalue weighted by Gasteiger charge is 2.50. The van der Waals surface area contributed by atoms with Crippen molar-refractivity contribution in [3.05, 3.63) is 144 Å². The number of benzene rings is 4. The molecule has 1 aliphatic heterocycles. The maximum absolute atomic E-state index is 10.9. The minimum absolute atomic E-state index is 0.262. The van der Waals surface area contributed by atoms with Crippen LogP contribution in [0.25, 0.3) is 0 Å². The molecular formula is C40H46O7. The maximum Gasteiger partial charge on any atom is 0.187 e. The van der Waals surface area contributed by atoms with Crippen molar-refractivity contribution in [3.8, 4) is 0 Å². The summed E-state index contributed by atoms with van der Waals surface area (Å²) in [6.45, 7) is 1.76. The zero-order chi connectivity index (χ0) is 32.1. The Bertz CT molecular complexity index is 1420. The molecule has 0 amide bonds. The van der Waals surface area contributed by atoms with E-state index in [0.717, 1.165) is 41.5 Å². The first-order valence-electron chi connectivity index (χ1n) is 16.8. The van der Waals surface area contributed by atoms with Crippen molar-refractivity contribution in [2.24, 2.45) is 0 Å². The predicted molar refractivity (Wildman–Crippen MR) is 179 cm³/mol. The van der Waals surface area contributed by atoms with E-state index in [4.69, 9.17) is 28.4 Å². The van der Waals surface area contributed by atoms with Crippen LogP contribution in [-0.2, 0) is 54.8 Å². The van der Waals surface area contributed by atoms with Crippen LogP contribution >= 0.6 is 0 Å². The number of aliphatic hydroxyl groups is 1. The minimum atomic E-state index is -0.806. The molecule has 0 aromatic heterocycles. The minimum Gasteiger partial charge on any atom is -0.390 e. The van der Waals surface area contributed by atoms with E-state index in [0.29, 0.717) is 32.8 Å². The fraction of sp³-hybridized carbons (Fsp3) is 0.400. The molecule has 1 heterocycles. The fourth-order valence-electron chi connectivity index (χ4n) is 6.26. The van der Waals surface area contributed by atoms with Gasteiger partial charge in [-0.15, -0.1) is 0 Å². The molecule has 1 saturated heterocycles. The average molecular weight is 639 g/mol. The Balaban J connectivity index is 1.30. The lowest BCUT2D eigenvalue weighted by molar-refractivity contribution is -0.341. The first kappa shape index (κ1) is 33.5. The van der Waals surface area contributed by atoms with Crippen molar-refractivity contribution < 1.29 is 33.5 Å². The molecule has 7 heteroatoms. The standard InChI is InChI=1S/C40H46O7/c41-34-23-13-14-24-35(34)46-40-39(45-28-33-21-11-4-12-22-33)38(44-27-32-19-9-3-10-20-32)37(43-26-31-17-7-2-8-18-31)36(47-40)29-42-25-30-15-5-1-6-16-30/h1-12,15-22,34-41H,13-14,23-29H2/t34-,35-,36+,37+,38-,39-,40+/m0/s1. The maximum atomic E-state index is 10.9. The molecule has 1 N–H and O–H groups in total. The van der Waals surface area contributed by atoms with Crippen LogP contribution in [0.15, 0.2) is 121 Å². The molecular weight excluding hydrogens is 592 g/mol. The monoisotopic (exact) mass is 638 g/mol. The summed E-state index contributed by atoms with van der Waals surface area (Å²) < 4.78 is 39.9. The van der Waals surface area contributed by atoms with Gasteiger partial charge in [0.15, 0.2) is 6.29 Å². The molecule has 2 aliphatic rings. The van der Waals surface area contributed by atoms with Crippen LogP contribution in [0.3, 0.4) is 0 Å². The molecule has 7 nitrogen and oxygen atoms in total. The first-order chi connectivity index (χ1) is 23.2. The summed E-state index contributed by atoms with van der Waals surface area (Å²) in [6, 6.07) is 40.3. The van der Waals surface area contributed by atoms with Gasteiger partial charge in [-0.25, -0.2) is 0 Å². The molecule has 0 radical (unpaired) electrons. The highest BCUT2D eigenvalue weighted by atomic mass is 16.7. The molecule has 4 aromatic rings. The molecule has 6 rings (SSSR count). The topological polar surface area (TPSA) is 75.6 Å². The summed E-state index contributed by atoms with van der Waals surface area (Å²) in [5, 5.41) is 10.9. The number of hydrogen-bond acceptors (Lipinski definition) is 7. The van der Waals surface area contributed by atoms with E-state index in [-0.39, 0.29) is 12.7 Å². The fourth-order valence-corrected chi connectivity index (χ4v) is 6.26. The van der Waals surface area contributed by atoms with Gasteiger partial charge in [-0.3, -0.25) is 0 Å². The summed E-state index contributed by atoms with van der Waals surface area (Å²) in [5.74, 6) is 0. The van der Waals surface area contributed by atoms with Gasteiger partial charge >= 0.3 is 0 Å². The summed E-state index contributed by atoms with van der Waals surface area (Å²) in [5.41, 5.74) is 4.19. The number of rotatable bonds is 15. The summed E-state index contributed by atoms with van der Waals surface area (Å²) >= 11 is 0. The molecule has 1 saturated carbocycles. The molecule has 47 heavy (non-hydrogen) atoms. The van der Waals surface area contributed by atoms with Gasteiger partial charge in [0.05, 0.1) is 45.2 Å². The second-order valence-corrected chi connectivity index (χ2v) is 12.4. The van der Waals surface area contributed by atoms with Crippen LogP contribution in [-0.4, -0.2) is 54.6 Å². The van der Waals surface area contributed by atoms with E-state index in [1.165, 1.54) is 0 Å². The third-order valence-electron chi connectivity index (χ3n) is 8.82. The van der Waals surface area contributed by atoms with Gasteiger partial charge in [-0.2, -0.15) is 0 Å². The summed E-state index contributed by atoms with van der Waals surface area (Å²) in [6.07, 6.45) is -0.565. The van der Waals surface area contributed by atoms with Gasteiger partial charge in [0.25, 0.3) is 0 Å². The van der Waals surface area contributed by atoms with Gasteiger partial charge in [0.1, 0.15) is 24.4 Å². The van der Waals surface area contributed by atoms with Crippen LogP contribution in [0.1, 0.15) is 47.9 Å². The number of ether oxygens (including phenoxy) is 6. The van der Waals surface area contributed by atoms with Crippen molar-refractivity contribution in [1.29, 1.82) is 0 Å². The van der Waals surface area contributed by atoms with Crippen molar-refractivity contribution in [1.82, 2.24) is 0 Å². The Morgan fingerprint density at radius 3 is 1.49 bits per heavy atom. The van der Waals surface area contributed by atoms with E-state index in [1.807, 2.05) is 121 Å². The van der Waals surface area contributed by atoms with E-state index >= 15 is 0 Å². The lowest BCUT2D eigenvalue weighted by Gasteiger charge is -2.47. The zero-order valence-electron chi connectivity index (χ0n) is 26.8. The normalized spacial score (nSPS) is 26.2. The molecule has 4 aromatic carbocycles. The molecule has 2 fully saturated rings. The van der Waals surface area contributed by atoms with Crippen LogP contribution in [0.5, 0.6) is 0 Å². The second-order valence-electron chi connectivity index (χ2n) is 12.4. The Hall–Kier alpha value is -3.40. The van der Waals surface area contributed by atoms with Gasteiger partial charge in [0, 0.05) is 0 Å². The van der Waals surface area contributed by atoms with Gasteiger partial charge in [-0.05, 0) is 35.1 Å². The molecule has 0 bridgehead atoms. The van der Waals surface area contributed by atoms with Crippen LogP contribution < -0.4 is 0 Å². The summed E-state index contributed by atoms with van der Waals surface area (Å²) in [7, 11) is 0. The molecule has 1 aliphatic carbocycles. The van der Waals surface area contributed by atoms with E-state index < -0.39 is 36.8 Å². The average Bonchev–Trinajstić information content (AvgIpc) is 3.12. The Morgan fingerprint density at radius 2 is 0.979 bits per heavy atom. The summed E-state index contributed by atoms with van der Waals surface area (Å²) in [4.78, 5) is 0. The largest absolute Gasteiger partial charge is 0.390 e. The van der Waals surface area contributed by atoms with E-state index in [1.54, 1.807) is 0 Å². The van der Waals surface area contributed by atoms with Crippen LogP contribution in [0, 0.1) is 0 Å². The lowest BCUT2D eigenvalue weighted by Crippen LogP contribution is -2.62. The smallest absolute Gasteiger partial charge is 0.187 e. The highest BCUT2D eigenvalue weighted by Crippen LogP contribution is 2.34. The predicted octanol–water partition coefficient (Wildman–Crippen LogP) is 7.00. The van der Waals surface area contributed by atoms with Crippen molar-refractivity contribution >= 4 is 0 Å². The third kappa shape index (κ3) is 9.81. The number of aliphatic hydroxyl groups excluding tert-OH is 1. The Labute approximate surface area is 278 Å². The van der Waals surface area contributed by atoms with Crippen LogP contribution in [0.2, 0.25) is 0 Å². The number of hydrogen-bond donors (Lipinski definition) is 1. The van der Waals surface area contributed by atoms with E-state index in [2.05, 4.69) is 0 Å². The molecule has 7 atom stereocenters. The molecule has 0 unspecified atom stereocenters. The van der Waals surface area contributed by atoms with Gasteiger partial charge in [-0.1, -0.05) is 134 Å². The first-order valence-corrected chi connectivity index (χ1v) is 16.8. The van der Waals surface area contributed by atoms with Crippen molar-refractivity contribution in [2.75, 3.05) is 6.61 Å². The van der Waals surface area contributed by atoms with Crippen molar-refractivity contribution in [2.45, 2.75) is 95.0 Å². The second kappa shape index (κ2) is 17.7. The highest BCUT2D eigenvalue weighted by molar-refractivity contribution is 5.16. The Morgan fingerprint density at radius 1 is 0.532 bits per heavy atom. The van der Waals surface area contributed by atoms with Crippen LogP contribution in [0.4, 0.5) is 0 Å². The molecule has 248 valence electrons. The Kier molecular flexibility index (Phi) is 12.6.